The highest BCUT2D eigenvalue weighted by atomic mass is 32.1. The zero-order chi connectivity index (χ0) is 28.1. The Labute approximate surface area is 237 Å². The maximum atomic E-state index is 13.7. The molecule has 1 aliphatic heterocycles. The quantitative estimate of drug-likeness (QED) is 0.270. The first-order chi connectivity index (χ1) is 19.4. The van der Waals surface area contributed by atoms with Crippen LogP contribution in [0.5, 0.6) is 0 Å². The third-order valence-electron chi connectivity index (χ3n) is 7.04. The molecule has 0 radical (unpaired) electrons. The zero-order valence-electron chi connectivity index (χ0n) is 22.5. The Morgan fingerprint density at radius 1 is 1.23 bits per heavy atom. The molecule has 1 fully saturated rings. The Bertz CT molecular complexity index is 1430. The van der Waals surface area contributed by atoms with Crippen LogP contribution in [-0.4, -0.2) is 63.6 Å². The van der Waals surface area contributed by atoms with Gasteiger partial charge in [-0.05, 0) is 56.5 Å². The number of rotatable bonds is 10. The van der Waals surface area contributed by atoms with E-state index in [1.165, 1.54) is 23.8 Å². The number of carbonyl (C=O) groups excluding carboxylic acids is 2. The maximum absolute atomic E-state index is 13.7. The van der Waals surface area contributed by atoms with Crippen LogP contribution < -0.4 is 10.6 Å². The van der Waals surface area contributed by atoms with Gasteiger partial charge >= 0.3 is 0 Å². The number of oxazole rings is 1. The first-order valence-electron chi connectivity index (χ1n) is 13.3. The number of aliphatic hydroxyl groups excluding tert-OH is 1. The number of hydrogen-bond donors (Lipinski definition) is 3. The number of benzene rings is 2. The topological polar surface area (TPSA) is 121 Å². The lowest BCUT2D eigenvalue weighted by Gasteiger charge is -2.29. The highest BCUT2D eigenvalue weighted by Gasteiger charge is 2.31. The van der Waals surface area contributed by atoms with Crippen molar-refractivity contribution in [2.24, 2.45) is 0 Å². The smallest absolute Gasteiger partial charge is 0.254 e. The van der Waals surface area contributed by atoms with Gasteiger partial charge in [0.05, 0.1) is 24.9 Å². The lowest BCUT2D eigenvalue weighted by atomic mass is 9.95. The van der Waals surface area contributed by atoms with Crippen LogP contribution in [0.3, 0.4) is 0 Å². The van der Waals surface area contributed by atoms with E-state index in [2.05, 4.69) is 20.6 Å². The average Bonchev–Trinajstić information content (AvgIpc) is 3.76. The van der Waals surface area contributed by atoms with Crippen molar-refractivity contribution in [1.82, 2.24) is 25.5 Å². The number of amides is 2. The molecule has 10 heteroatoms. The average molecular weight is 560 g/mol. The van der Waals surface area contributed by atoms with E-state index in [4.69, 9.17) is 4.42 Å². The van der Waals surface area contributed by atoms with Crippen LogP contribution in [0.2, 0.25) is 0 Å². The fourth-order valence-corrected chi connectivity index (χ4v) is 5.83. The van der Waals surface area contributed by atoms with Crippen molar-refractivity contribution in [1.29, 1.82) is 0 Å². The van der Waals surface area contributed by atoms with E-state index in [9.17, 15) is 14.7 Å². The largest absolute Gasteiger partial charge is 0.445 e. The number of nitrogens with one attached hydrogen (secondary N) is 2. The van der Waals surface area contributed by atoms with Crippen LogP contribution in [0.25, 0.3) is 11.5 Å². The molecule has 5 rings (SSSR count). The van der Waals surface area contributed by atoms with Crippen LogP contribution in [0.1, 0.15) is 49.8 Å². The summed E-state index contributed by atoms with van der Waals surface area (Å²) in [5.74, 6) is -0.345. The number of carbonyl (C=O) groups is 2. The minimum absolute atomic E-state index is 0.104. The summed E-state index contributed by atoms with van der Waals surface area (Å²) in [5.41, 5.74) is 3.03. The first kappa shape index (κ1) is 27.7. The molecular weight excluding hydrogens is 526 g/mol. The van der Waals surface area contributed by atoms with Gasteiger partial charge < -0.3 is 25.1 Å². The van der Waals surface area contributed by atoms with E-state index < -0.39 is 18.1 Å². The summed E-state index contributed by atoms with van der Waals surface area (Å²) < 4.78 is 5.49. The molecule has 2 aromatic heterocycles. The minimum Gasteiger partial charge on any atom is -0.445 e. The molecule has 9 nitrogen and oxygen atoms in total. The molecule has 0 spiro atoms. The number of aromatic nitrogens is 2. The second-order valence-corrected chi connectivity index (χ2v) is 11.1. The zero-order valence-corrected chi connectivity index (χ0v) is 23.4. The molecule has 40 heavy (non-hydrogen) atoms. The molecular formula is C30H33N5O4S. The van der Waals surface area contributed by atoms with E-state index >= 15 is 0 Å². The summed E-state index contributed by atoms with van der Waals surface area (Å²) in [6.07, 6.45) is 4.46. The standard InChI is InChI=1S/C30H33N5O4S/c1-19-18-40-26(33-19)17-35(2)30(38)23-15-21(14-22(16-23)29-32-11-12-39-29)28(37)34-25(13-20-7-4-3-5-8-20)27(36)24-9-6-10-31-24/h3-5,7-8,11-12,14-16,18,24-25,27,31,36H,6,9-10,13,17H2,1-2H3,(H,34,37)/t24?,25-,27+/m0/s1. The number of nitrogens with zero attached hydrogens (tertiary/aromatic N) is 3. The summed E-state index contributed by atoms with van der Waals surface area (Å²) in [4.78, 5) is 37.4. The number of thiazole rings is 1. The van der Waals surface area contributed by atoms with E-state index in [-0.39, 0.29) is 17.5 Å². The summed E-state index contributed by atoms with van der Waals surface area (Å²) in [5, 5.41) is 20.4. The van der Waals surface area contributed by atoms with E-state index in [1.807, 2.05) is 42.6 Å². The lowest BCUT2D eigenvalue weighted by Crippen LogP contribution is -2.52. The number of hydrogen-bond acceptors (Lipinski definition) is 8. The summed E-state index contributed by atoms with van der Waals surface area (Å²) in [7, 11) is 1.71. The van der Waals surface area contributed by atoms with Gasteiger partial charge in [-0.25, -0.2) is 9.97 Å². The van der Waals surface area contributed by atoms with Gasteiger partial charge in [-0.2, -0.15) is 0 Å². The van der Waals surface area contributed by atoms with Crippen LogP contribution in [0, 0.1) is 6.92 Å². The molecule has 1 aliphatic rings. The van der Waals surface area contributed by atoms with Crippen molar-refractivity contribution in [2.45, 2.75) is 50.9 Å². The van der Waals surface area contributed by atoms with E-state index in [1.54, 1.807) is 30.1 Å². The van der Waals surface area contributed by atoms with Crippen molar-refractivity contribution in [2.75, 3.05) is 13.6 Å². The molecule has 2 aromatic carbocycles. The highest BCUT2D eigenvalue weighted by Crippen LogP contribution is 2.24. The van der Waals surface area contributed by atoms with Crippen LogP contribution in [0.4, 0.5) is 0 Å². The molecule has 4 aromatic rings. The van der Waals surface area contributed by atoms with Crippen LogP contribution >= 0.6 is 11.3 Å². The molecule has 3 N–H and O–H groups in total. The molecule has 208 valence electrons. The summed E-state index contributed by atoms with van der Waals surface area (Å²) >= 11 is 1.50. The monoisotopic (exact) mass is 559 g/mol. The second kappa shape index (κ2) is 12.5. The lowest BCUT2D eigenvalue weighted by molar-refractivity contribution is 0.0737. The molecule has 0 aliphatic carbocycles. The first-order valence-corrected chi connectivity index (χ1v) is 14.2. The van der Waals surface area contributed by atoms with Gasteiger partial charge in [0, 0.05) is 40.9 Å². The normalized spacial score (nSPS) is 16.4. The Balaban J connectivity index is 1.42. The van der Waals surface area contributed by atoms with Crippen molar-refractivity contribution in [3.8, 4) is 11.5 Å². The fraction of sp³-hybridized carbons (Fsp3) is 0.333. The van der Waals surface area contributed by atoms with Crippen molar-refractivity contribution < 1.29 is 19.1 Å². The third kappa shape index (κ3) is 6.64. The molecule has 1 unspecified atom stereocenters. The third-order valence-corrected chi connectivity index (χ3v) is 8.00. The number of aryl methyl sites for hydroxylation is 1. The van der Waals surface area contributed by atoms with Gasteiger partial charge in [-0.1, -0.05) is 30.3 Å². The predicted molar refractivity (Wildman–Crippen MR) is 153 cm³/mol. The Morgan fingerprint density at radius 3 is 2.70 bits per heavy atom. The van der Waals surface area contributed by atoms with E-state index in [0.717, 1.165) is 35.7 Å². The van der Waals surface area contributed by atoms with Gasteiger partial charge in [0.25, 0.3) is 11.8 Å². The molecule has 1 saturated heterocycles. The molecule has 0 bridgehead atoms. The van der Waals surface area contributed by atoms with E-state index in [0.29, 0.717) is 30.0 Å². The van der Waals surface area contributed by atoms with Crippen molar-refractivity contribution in [3.63, 3.8) is 0 Å². The SMILES string of the molecule is Cc1csc(CN(C)C(=O)c2cc(C(=O)N[C@@H](Cc3ccccc3)[C@H](O)C3CCCN3)cc(-c3ncco3)c2)n1. The van der Waals surface area contributed by atoms with Gasteiger partial charge in [0.1, 0.15) is 11.3 Å². The van der Waals surface area contributed by atoms with Crippen molar-refractivity contribution in [3.05, 3.63) is 93.8 Å². The van der Waals surface area contributed by atoms with Gasteiger partial charge in [-0.15, -0.1) is 11.3 Å². The molecule has 3 heterocycles. The van der Waals surface area contributed by atoms with Gasteiger partial charge in [0.2, 0.25) is 5.89 Å². The number of aliphatic hydroxyl groups is 1. The fourth-order valence-electron chi connectivity index (χ4n) is 5.00. The van der Waals surface area contributed by atoms with Gasteiger partial charge in [-0.3, -0.25) is 9.59 Å². The summed E-state index contributed by atoms with van der Waals surface area (Å²) in [6.45, 7) is 3.10. The second-order valence-electron chi connectivity index (χ2n) is 10.1. The van der Waals surface area contributed by atoms with Crippen LogP contribution in [-0.2, 0) is 13.0 Å². The minimum atomic E-state index is -0.782. The van der Waals surface area contributed by atoms with Gasteiger partial charge in [0.15, 0.2) is 0 Å². The highest BCUT2D eigenvalue weighted by molar-refractivity contribution is 7.09. The Kier molecular flexibility index (Phi) is 8.69. The molecule has 3 atom stereocenters. The van der Waals surface area contributed by atoms with Crippen molar-refractivity contribution >= 4 is 23.2 Å². The predicted octanol–water partition coefficient (Wildman–Crippen LogP) is 3.83. The summed E-state index contributed by atoms with van der Waals surface area (Å²) in [6, 6.07) is 14.0. The molecule has 2 amide bonds. The van der Waals surface area contributed by atoms with Crippen LogP contribution in [0.15, 0.2) is 70.8 Å². The maximum Gasteiger partial charge on any atom is 0.254 e. The Hall–Kier alpha value is -3.86. The molecule has 0 saturated carbocycles. The Morgan fingerprint density at radius 2 is 2.02 bits per heavy atom.